The SMILES string of the molecule is C=S.c1ccccc1. The molecule has 0 radical (unpaired) electrons. The van der Waals surface area contributed by atoms with E-state index in [1.165, 1.54) is 0 Å². The number of thiocarbonyl (C=S) groups is 1. The van der Waals surface area contributed by atoms with Crippen LogP contribution in [0.4, 0.5) is 0 Å². The fourth-order valence-corrected chi connectivity index (χ4v) is 0.385. The van der Waals surface area contributed by atoms with Crippen molar-refractivity contribution in [2.45, 2.75) is 0 Å². The van der Waals surface area contributed by atoms with E-state index >= 15 is 0 Å². The second-order valence-corrected chi connectivity index (χ2v) is 1.15. The van der Waals surface area contributed by atoms with Crippen LogP contribution in [0.5, 0.6) is 0 Å². The molecule has 0 bridgehead atoms. The summed E-state index contributed by atoms with van der Waals surface area (Å²) in [7, 11) is 0. The van der Waals surface area contributed by atoms with Crippen molar-refractivity contribution in [2.75, 3.05) is 0 Å². The molecule has 0 heterocycles. The lowest BCUT2D eigenvalue weighted by Gasteiger charge is -1.69. The Morgan fingerprint density at radius 1 is 0.625 bits per heavy atom. The second-order valence-electron chi connectivity index (χ2n) is 1.15. The molecule has 0 aliphatic heterocycles. The Hall–Kier alpha value is -0.690. The van der Waals surface area contributed by atoms with Gasteiger partial charge in [0.15, 0.2) is 0 Å². The van der Waals surface area contributed by atoms with E-state index in [0.717, 1.165) is 0 Å². The lowest BCUT2D eigenvalue weighted by molar-refractivity contribution is 1.72. The highest BCUT2D eigenvalue weighted by Gasteiger charge is 1.57. The van der Waals surface area contributed by atoms with E-state index in [0.29, 0.717) is 0 Å². The molecule has 0 spiro atoms. The van der Waals surface area contributed by atoms with Gasteiger partial charge in [-0.1, -0.05) is 48.6 Å². The third-order valence-electron chi connectivity index (χ3n) is 0.667. The van der Waals surface area contributed by atoms with Gasteiger partial charge >= 0.3 is 0 Å². The zero-order chi connectivity index (χ0) is 6.24. The molecule has 1 rings (SSSR count). The molecular formula is C7H8S. The van der Waals surface area contributed by atoms with Crippen LogP contribution in [0.1, 0.15) is 0 Å². The van der Waals surface area contributed by atoms with Crippen molar-refractivity contribution in [1.82, 2.24) is 0 Å². The molecule has 0 atom stereocenters. The van der Waals surface area contributed by atoms with Gasteiger partial charge in [-0.3, -0.25) is 0 Å². The van der Waals surface area contributed by atoms with Crippen LogP contribution in [0.3, 0.4) is 0 Å². The van der Waals surface area contributed by atoms with Crippen LogP contribution in [0.2, 0.25) is 0 Å². The van der Waals surface area contributed by atoms with Crippen LogP contribution in [-0.4, -0.2) is 5.87 Å². The van der Waals surface area contributed by atoms with Crippen LogP contribution in [-0.2, 0) is 0 Å². The highest BCUT2D eigenvalue weighted by molar-refractivity contribution is 7.77. The molecule has 0 aliphatic carbocycles. The topological polar surface area (TPSA) is 0 Å². The second kappa shape index (κ2) is 6.31. The van der Waals surface area contributed by atoms with E-state index in [9.17, 15) is 0 Å². The number of rotatable bonds is 0. The van der Waals surface area contributed by atoms with Gasteiger partial charge in [-0.15, -0.1) is 0 Å². The summed E-state index contributed by atoms with van der Waals surface area (Å²) in [5.74, 6) is 2.83. The average molecular weight is 124 g/mol. The molecule has 0 aromatic heterocycles. The fourth-order valence-electron chi connectivity index (χ4n) is 0.385. The van der Waals surface area contributed by atoms with E-state index in [4.69, 9.17) is 0 Å². The normalized spacial score (nSPS) is 6.50. The summed E-state index contributed by atoms with van der Waals surface area (Å²) < 4.78 is 0. The van der Waals surface area contributed by atoms with Crippen molar-refractivity contribution in [3.05, 3.63) is 36.4 Å². The molecule has 0 N–H and O–H groups in total. The molecule has 0 nitrogen and oxygen atoms in total. The van der Waals surface area contributed by atoms with Gasteiger partial charge in [0, 0.05) is 0 Å². The minimum Gasteiger partial charge on any atom is -0.0973 e. The van der Waals surface area contributed by atoms with Gasteiger partial charge < -0.3 is 0 Å². The Labute approximate surface area is 55.2 Å². The molecule has 1 aromatic rings. The Bertz CT molecular complexity index is 87.2. The molecule has 0 amide bonds. The number of hydrogen-bond donors (Lipinski definition) is 0. The Morgan fingerprint density at radius 3 is 0.875 bits per heavy atom. The van der Waals surface area contributed by atoms with Crippen LogP contribution >= 0.6 is 12.2 Å². The fraction of sp³-hybridized carbons (Fsp3) is 0. The minimum atomic E-state index is 2.00. The monoisotopic (exact) mass is 124 g/mol. The van der Waals surface area contributed by atoms with Crippen LogP contribution in [0.15, 0.2) is 36.4 Å². The first-order valence-electron chi connectivity index (χ1n) is 2.29. The minimum absolute atomic E-state index is 2.00. The summed E-state index contributed by atoms with van der Waals surface area (Å²) >= 11 is 3.83. The Kier molecular flexibility index (Phi) is 5.77. The van der Waals surface area contributed by atoms with Gasteiger partial charge in [-0.25, -0.2) is 0 Å². The van der Waals surface area contributed by atoms with Gasteiger partial charge in [0.25, 0.3) is 0 Å². The molecule has 0 fully saturated rings. The van der Waals surface area contributed by atoms with Crippen molar-refractivity contribution in [1.29, 1.82) is 0 Å². The highest BCUT2D eigenvalue weighted by atomic mass is 32.1. The lowest BCUT2D eigenvalue weighted by Crippen LogP contribution is -1.47. The van der Waals surface area contributed by atoms with E-state index in [1.54, 1.807) is 0 Å². The van der Waals surface area contributed by atoms with Gasteiger partial charge in [-0.05, 0) is 5.87 Å². The molecule has 0 saturated heterocycles. The summed E-state index contributed by atoms with van der Waals surface area (Å²) in [5, 5.41) is 0. The van der Waals surface area contributed by atoms with Crippen molar-refractivity contribution in [2.24, 2.45) is 0 Å². The first kappa shape index (κ1) is 7.31. The predicted octanol–water partition coefficient (Wildman–Crippen LogP) is 2.30. The lowest BCUT2D eigenvalue weighted by atomic mass is 10.4. The first-order valence-corrected chi connectivity index (χ1v) is 2.87. The highest BCUT2D eigenvalue weighted by Crippen LogP contribution is 1.79. The van der Waals surface area contributed by atoms with Crippen molar-refractivity contribution in [3.8, 4) is 0 Å². The molecule has 1 heteroatoms. The van der Waals surface area contributed by atoms with Gasteiger partial charge in [0.2, 0.25) is 0 Å². The van der Waals surface area contributed by atoms with Gasteiger partial charge in [0.05, 0.1) is 0 Å². The van der Waals surface area contributed by atoms with Crippen LogP contribution in [0.25, 0.3) is 0 Å². The zero-order valence-electron chi connectivity index (χ0n) is 4.58. The standard InChI is InChI=1S/C6H6.CH2S/c1-2-4-6-5-3-1;1-2/h1-6H;1H2. The van der Waals surface area contributed by atoms with E-state index in [-0.39, 0.29) is 0 Å². The molecule has 0 aliphatic rings. The molecule has 8 heavy (non-hydrogen) atoms. The zero-order valence-corrected chi connectivity index (χ0v) is 5.40. The maximum Gasteiger partial charge on any atom is -0.0351 e. The predicted molar refractivity (Wildman–Crippen MR) is 41.2 cm³/mol. The summed E-state index contributed by atoms with van der Waals surface area (Å²) in [6.45, 7) is 0. The third kappa shape index (κ3) is 3.50. The first-order chi connectivity index (χ1) is 4.00. The van der Waals surface area contributed by atoms with Crippen LogP contribution in [0, 0.1) is 0 Å². The third-order valence-corrected chi connectivity index (χ3v) is 0.667. The quantitative estimate of drug-likeness (QED) is 0.478. The van der Waals surface area contributed by atoms with E-state index in [2.05, 4.69) is 18.1 Å². The van der Waals surface area contributed by atoms with Crippen molar-refractivity contribution >= 4 is 18.1 Å². The maximum absolute atomic E-state index is 3.83. The van der Waals surface area contributed by atoms with E-state index < -0.39 is 0 Å². The largest absolute Gasteiger partial charge is 0.0973 e. The number of benzene rings is 1. The van der Waals surface area contributed by atoms with Crippen molar-refractivity contribution < 1.29 is 0 Å². The molecule has 42 valence electrons. The Morgan fingerprint density at radius 2 is 0.750 bits per heavy atom. The smallest absolute Gasteiger partial charge is 0.0351 e. The van der Waals surface area contributed by atoms with Crippen molar-refractivity contribution in [3.63, 3.8) is 0 Å². The summed E-state index contributed by atoms with van der Waals surface area (Å²) in [5.41, 5.74) is 0. The molecule has 0 unspecified atom stereocenters. The van der Waals surface area contributed by atoms with Crippen LogP contribution < -0.4 is 0 Å². The van der Waals surface area contributed by atoms with Gasteiger partial charge in [0.1, 0.15) is 0 Å². The number of hydrogen-bond acceptors (Lipinski definition) is 1. The molecule has 0 saturated carbocycles. The average Bonchev–Trinajstić information content (AvgIpc) is 1.96. The van der Waals surface area contributed by atoms with E-state index in [1.807, 2.05) is 36.4 Å². The maximum atomic E-state index is 3.83. The van der Waals surface area contributed by atoms with Gasteiger partial charge in [-0.2, -0.15) is 0 Å². The summed E-state index contributed by atoms with van der Waals surface area (Å²) in [4.78, 5) is 0. The summed E-state index contributed by atoms with van der Waals surface area (Å²) in [6.07, 6.45) is 0. The molecular weight excluding hydrogens is 116 g/mol. The summed E-state index contributed by atoms with van der Waals surface area (Å²) in [6, 6.07) is 12.0. The molecule has 1 aromatic carbocycles. The Balaban J connectivity index is 0.000000222.